The predicted octanol–water partition coefficient (Wildman–Crippen LogP) is 4.02. The topological polar surface area (TPSA) is 17.1 Å². The summed E-state index contributed by atoms with van der Waals surface area (Å²) < 4.78 is 0. The summed E-state index contributed by atoms with van der Waals surface area (Å²) in [5.41, 5.74) is 2.65. The van der Waals surface area contributed by atoms with Crippen molar-refractivity contribution in [1.29, 1.82) is 0 Å². The molecule has 0 saturated carbocycles. The Morgan fingerprint density at radius 3 is 2.62 bits per heavy atom. The predicted molar refractivity (Wildman–Crippen MR) is 74.8 cm³/mol. The third-order valence-corrected chi connectivity index (χ3v) is 3.56. The molecule has 0 heterocycles. The summed E-state index contributed by atoms with van der Waals surface area (Å²) >= 11 is 3.10. The molecule has 1 nitrogen and oxygen atoms in total. The Bertz CT molecular complexity index is 355. The molecule has 1 aromatic carbocycles. The monoisotopic (exact) mass is 252 g/mol. The number of rotatable bonds is 5. The summed E-state index contributed by atoms with van der Waals surface area (Å²) in [5, 5.41) is 2.00. The van der Waals surface area contributed by atoms with Gasteiger partial charge in [-0.3, -0.25) is 4.79 Å². The quantitative estimate of drug-likeness (QED) is 0.737. The Labute approximate surface area is 106 Å². The summed E-state index contributed by atoms with van der Waals surface area (Å²) in [6.45, 7) is 3.67. The van der Waals surface area contributed by atoms with Gasteiger partial charge < -0.3 is 0 Å². The molecule has 0 spiro atoms. The lowest BCUT2D eigenvalue weighted by atomic mass is 10.2. The van der Waals surface area contributed by atoms with Crippen LogP contribution >= 0.6 is 23.5 Å². The summed E-state index contributed by atoms with van der Waals surface area (Å²) in [4.78, 5) is 10.6. The van der Waals surface area contributed by atoms with E-state index in [1.807, 2.05) is 23.2 Å². The smallest absolute Gasteiger partial charge is 0.190 e. The molecule has 0 atom stereocenters. The molecule has 0 aliphatic heterocycles. The average Bonchev–Trinajstić information content (AvgIpc) is 2.25. The van der Waals surface area contributed by atoms with Crippen molar-refractivity contribution < 1.29 is 4.79 Å². The van der Waals surface area contributed by atoms with Gasteiger partial charge in [-0.2, -0.15) is 11.8 Å². The van der Waals surface area contributed by atoms with Crippen molar-refractivity contribution in [3.63, 3.8) is 0 Å². The van der Waals surface area contributed by atoms with Gasteiger partial charge in [-0.1, -0.05) is 47.7 Å². The first-order chi connectivity index (χ1) is 7.68. The molecule has 0 fully saturated rings. The lowest BCUT2D eigenvalue weighted by Gasteiger charge is -1.99. The molecule has 16 heavy (non-hydrogen) atoms. The van der Waals surface area contributed by atoms with Gasteiger partial charge in [0.15, 0.2) is 5.12 Å². The maximum Gasteiger partial charge on any atom is 0.190 e. The Morgan fingerprint density at radius 2 is 2.00 bits per heavy atom. The van der Waals surface area contributed by atoms with Crippen LogP contribution in [0.25, 0.3) is 0 Å². The first-order valence-corrected chi connectivity index (χ1v) is 7.17. The van der Waals surface area contributed by atoms with E-state index in [2.05, 4.69) is 31.2 Å². The lowest BCUT2D eigenvalue weighted by Crippen LogP contribution is -1.81. The molecule has 86 valence electrons. The number of benzene rings is 1. The van der Waals surface area contributed by atoms with E-state index in [0.29, 0.717) is 0 Å². The van der Waals surface area contributed by atoms with Crippen LogP contribution in [0.4, 0.5) is 0 Å². The van der Waals surface area contributed by atoms with Crippen LogP contribution < -0.4 is 0 Å². The van der Waals surface area contributed by atoms with Gasteiger partial charge in [0, 0.05) is 18.4 Å². The summed E-state index contributed by atoms with van der Waals surface area (Å²) in [5.74, 6) is 1.98. The third kappa shape index (κ3) is 6.03. The molecule has 0 unspecified atom stereocenters. The van der Waals surface area contributed by atoms with Gasteiger partial charge in [0.2, 0.25) is 0 Å². The van der Waals surface area contributed by atoms with E-state index in [1.165, 1.54) is 22.9 Å². The molecule has 0 amide bonds. The fourth-order valence-electron chi connectivity index (χ4n) is 1.11. The number of hydrogen-bond donors (Lipinski definition) is 0. The minimum Gasteiger partial charge on any atom is -0.287 e. The maximum absolute atomic E-state index is 10.6. The molecule has 3 heteroatoms. The van der Waals surface area contributed by atoms with E-state index in [-0.39, 0.29) is 5.12 Å². The second kappa shape index (κ2) is 7.58. The third-order valence-electron chi connectivity index (χ3n) is 1.93. The van der Waals surface area contributed by atoms with Crippen LogP contribution in [0.3, 0.4) is 0 Å². The number of carbonyl (C=O) groups is 1. The first-order valence-electron chi connectivity index (χ1n) is 5.14. The normalized spacial score (nSPS) is 10.9. The van der Waals surface area contributed by atoms with Crippen molar-refractivity contribution in [2.24, 2.45) is 0 Å². The highest BCUT2D eigenvalue weighted by molar-refractivity contribution is 8.16. The van der Waals surface area contributed by atoms with Gasteiger partial charge in [0.1, 0.15) is 0 Å². The zero-order valence-corrected chi connectivity index (χ0v) is 11.2. The second-order valence-electron chi connectivity index (χ2n) is 3.48. The fraction of sp³-hybridized carbons (Fsp3) is 0.308. The molecule has 1 aromatic rings. The molecular weight excluding hydrogens is 236 g/mol. The molecule has 0 aliphatic rings. The molecule has 0 aliphatic carbocycles. The second-order valence-corrected chi connectivity index (χ2v) is 5.59. The van der Waals surface area contributed by atoms with Gasteiger partial charge in [-0.25, -0.2) is 0 Å². The molecule has 0 N–H and O–H groups in total. The van der Waals surface area contributed by atoms with Gasteiger partial charge >= 0.3 is 0 Å². The zero-order chi connectivity index (χ0) is 11.8. The van der Waals surface area contributed by atoms with E-state index in [0.717, 1.165) is 11.5 Å². The average molecular weight is 252 g/mol. The first kappa shape index (κ1) is 13.4. The van der Waals surface area contributed by atoms with Gasteiger partial charge in [-0.15, -0.1) is 0 Å². The van der Waals surface area contributed by atoms with Crippen LogP contribution in [0.1, 0.15) is 18.1 Å². The van der Waals surface area contributed by atoms with Crippen LogP contribution in [-0.2, 0) is 10.5 Å². The molecule has 1 rings (SSSR count). The van der Waals surface area contributed by atoms with Crippen molar-refractivity contribution in [3.05, 3.63) is 46.9 Å². The van der Waals surface area contributed by atoms with Gasteiger partial charge in [-0.05, 0) is 17.9 Å². The van der Waals surface area contributed by atoms with E-state index in [4.69, 9.17) is 0 Å². The molecule has 0 aromatic heterocycles. The Morgan fingerprint density at radius 1 is 1.31 bits per heavy atom. The van der Waals surface area contributed by atoms with Crippen molar-refractivity contribution in [2.45, 2.75) is 19.6 Å². The maximum atomic E-state index is 10.6. The highest BCUT2D eigenvalue weighted by atomic mass is 32.2. The van der Waals surface area contributed by atoms with E-state index in [9.17, 15) is 4.79 Å². The molecule has 0 radical (unpaired) electrons. The van der Waals surface area contributed by atoms with Crippen LogP contribution in [0.2, 0.25) is 0 Å². The number of carbonyl (C=O) groups excluding carboxylic acids is 1. The fourth-order valence-corrected chi connectivity index (χ4v) is 2.40. The molecular formula is C13H16OS2. The Kier molecular flexibility index (Phi) is 6.34. The van der Waals surface area contributed by atoms with Crippen LogP contribution in [0.5, 0.6) is 0 Å². The van der Waals surface area contributed by atoms with Crippen molar-refractivity contribution in [3.8, 4) is 0 Å². The highest BCUT2D eigenvalue weighted by Crippen LogP contribution is 2.13. The van der Waals surface area contributed by atoms with Crippen molar-refractivity contribution in [2.75, 3.05) is 5.75 Å². The highest BCUT2D eigenvalue weighted by Gasteiger charge is 1.92. The van der Waals surface area contributed by atoms with E-state index in [1.54, 1.807) is 6.92 Å². The molecule has 0 bridgehead atoms. The minimum absolute atomic E-state index is 0.139. The van der Waals surface area contributed by atoms with E-state index < -0.39 is 0 Å². The van der Waals surface area contributed by atoms with Gasteiger partial charge in [0.25, 0.3) is 0 Å². The Hall–Kier alpha value is -0.670. The standard InChI is InChI=1S/C13H16OS2/c1-11-4-6-13(7-5-11)10-15-8-3-9-16-12(2)14/h3-7,9H,8,10H2,1-2H3. The molecule has 0 saturated heterocycles. The van der Waals surface area contributed by atoms with Gasteiger partial charge in [0.05, 0.1) is 0 Å². The summed E-state index contributed by atoms with van der Waals surface area (Å²) in [6, 6.07) is 8.60. The largest absolute Gasteiger partial charge is 0.287 e. The minimum atomic E-state index is 0.139. The van der Waals surface area contributed by atoms with Crippen LogP contribution in [-0.4, -0.2) is 10.9 Å². The summed E-state index contributed by atoms with van der Waals surface area (Å²) in [6.07, 6.45) is 2.03. The van der Waals surface area contributed by atoms with Crippen LogP contribution in [0.15, 0.2) is 35.7 Å². The lowest BCUT2D eigenvalue weighted by molar-refractivity contribution is -0.109. The van der Waals surface area contributed by atoms with Crippen molar-refractivity contribution >= 4 is 28.6 Å². The zero-order valence-electron chi connectivity index (χ0n) is 9.60. The number of hydrogen-bond acceptors (Lipinski definition) is 3. The Balaban J connectivity index is 2.18. The SMILES string of the molecule is CC(=O)SC=CCSCc1ccc(C)cc1. The number of aryl methyl sites for hydroxylation is 1. The van der Waals surface area contributed by atoms with Crippen LogP contribution in [0, 0.1) is 6.92 Å². The van der Waals surface area contributed by atoms with Crippen molar-refractivity contribution in [1.82, 2.24) is 0 Å². The number of thioether (sulfide) groups is 2. The summed E-state index contributed by atoms with van der Waals surface area (Å²) in [7, 11) is 0. The van der Waals surface area contributed by atoms with E-state index >= 15 is 0 Å².